The first-order valence-corrected chi connectivity index (χ1v) is 23.7. The molecule has 4 saturated heterocycles. The summed E-state index contributed by atoms with van der Waals surface area (Å²) in [6.45, 7) is -3.21. The average molecular weight is 1100 g/mol. The van der Waals surface area contributed by atoms with Crippen LogP contribution in [0.15, 0.2) is 60.4 Å². The summed E-state index contributed by atoms with van der Waals surface area (Å²) in [5.41, 5.74) is 0.156. The van der Waals surface area contributed by atoms with E-state index >= 15 is 0 Å². The highest BCUT2D eigenvalue weighted by molar-refractivity contribution is 5.87. The summed E-state index contributed by atoms with van der Waals surface area (Å²) in [7, 11) is 0. The number of aromatic hydroxyl groups is 4. The van der Waals surface area contributed by atoms with E-state index in [4.69, 9.17) is 42.6 Å². The minimum Gasteiger partial charge on any atom is -0.571 e. The van der Waals surface area contributed by atoms with Crippen molar-refractivity contribution >= 4 is 18.1 Å². The van der Waals surface area contributed by atoms with E-state index in [-0.39, 0.29) is 28.4 Å². The average Bonchev–Trinajstić information content (AvgIpc) is 3.42. The molecule has 0 spiro atoms. The molecule has 5 aliphatic heterocycles. The Bertz CT molecular complexity index is 2560. The van der Waals surface area contributed by atoms with E-state index in [1.807, 2.05) is 0 Å². The molecule has 0 saturated carbocycles. The van der Waals surface area contributed by atoms with Crippen LogP contribution in [0.3, 0.4) is 0 Å². The van der Waals surface area contributed by atoms with Crippen LogP contribution in [0.2, 0.25) is 0 Å². The topological polar surface area (TPSA) is 477 Å². The molecule has 4 fully saturated rings. The van der Waals surface area contributed by atoms with Gasteiger partial charge in [0.2, 0.25) is 30.9 Å². The van der Waals surface area contributed by atoms with Gasteiger partial charge in [0, 0.05) is 18.2 Å². The third-order valence-electron chi connectivity index (χ3n) is 13.2. The van der Waals surface area contributed by atoms with Crippen LogP contribution in [0.5, 0.6) is 40.2 Å². The lowest BCUT2D eigenvalue weighted by atomic mass is 9.98. The summed E-state index contributed by atoms with van der Waals surface area (Å²) in [6, 6.07) is 9.93. The van der Waals surface area contributed by atoms with Gasteiger partial charge in [-0.2, -0.15) is 0 Å². The maximum atomic E-state index is 12.9. The molecule has 424 valence electrons. The summed E-state index contributed by atoms with van der Waals surface area (Å²) < 4.78 is 55.3. The quantitative estimate of drug-likeness (QED) is 0.0360. The van der Waals surface area contributed by atoms with E-state index in [2.05, 4.69) is 4.74 Å². The minimum atomic E-state index is -2.13. The molecule has 21 atom stereocenters. The third kappa shape index (κ3) is 12.1. The van der Waals surface area contributed by atoms with Gasteiger partial charge in [0.05, 0.1) is 31.5 Å². The maximum Gasteiger partial charge on any atom is 0.330 e. The number of ether oxygens (including phenoxy) is 10. The first kappa shape index (κ1) is 57.4. The van der Waals surface area contributed by atoms with Crippen molar-refractivity contribution in [3.05, 3.63) is 77.1 Å². The summed E-state index contributed by atoms with van der Waals surface area (Å²) in [5.74, 6) is -4.73. The van der Waals surface area contributed by atoms with E-state index in [0.717, 1.165) is 30.3 Å². The standard InChI is InChI=1S/C48H58O29/c49-12-26-32(56)36(60)40(64)45(74-26)69-19-4-1-16(2-5-19)3-6-30(54)68-15-29-35(59)39(63)43(67)47(77-29)72-24-8-17(7-23(31(24)55)71-46-41(65)37(61)33(57)27(13-50)75-46)44-25(11-20-21(53)9-18(52)10-22(20)70-44)73-48-42(66)38(62)34(58)28(14-51)76-48/h1-11,26-29,32-53,55-67H,12-15H2/p+1. The molecule has 0 aromatic heterocycles. The van der Waals surface area contributed by atoms with Crippen molar-refractivity contribution in [2.75, 3.05) is 26.4 Å². The van der Waals surface area contributed by atoms with Crippen molar-refractivity contribution in [3.8, 4) is 40.2 Å². The van der Waals surface area contributed by atoms with E-state index in [1.165, 1.54) is 36.4 Å². The first-order chi connectivity index (χ1) is 36.6. The SMILES string of the molecule is O=C(C=Cc1ccc(OC2OC(CO)C(O)C(O)C2O)cc1)OCC1OC(Oc2cc(C3[OH+]c4cc(O)cc(O)c4C=C3OC3OC(CO)C(O)C(O)C3O)cc(OC3OC(CO)C(O)C(O)C3O)c2O)C(O)C(O)C1O. The Kier molecular flexibility index (Phi) is 18.0. The van der Waals surface area contributed by atoms with Gasteiger partial charge in [0.1, 0.15) is 127 Å². The number of rotatable bonds is 16. The molecule has 77 heavy (non-hydrogen) atoms. The van der Waals surface area contributed by atoms with Gasteiger partial charge < -0.3 is 139 Å². The van der Waals surface area contributed by atoms with Crippen molar-refractivity contribution in [1.29, 1.82) is 0 Å². The molecule has 5 heterocycles. The van der Waals surface area contributed by atoms with Crippen LogP contribution < -0.4 is 14.2 Å². The number of carbonyl (C=O) groups is 1. The monoisotopic (exact) mass is 1100 g/mol. The predicted molar refractivity (Wildman–Crippen MR) is 248 cm³/mol. The van der Waals surface area contributed by atoms with Crippen molar-refractivity contribution in [1.82, 2.24) is 0 Å². The number of benzene rings is 3. The molecule has 3 aromatic carbocycles. The Balaban J connectivity index is 1.04. The second-order valence-corrected chi connectivity index (χ2v) is 18.5. The predicted octanol–water partition coefficient (Wildman–Crippen LogP) is -6.24. The molecule has 29 nitrogen and oxygen atoms in total. The molecule has 0 bridgehead atoms. The minimum absolute atomic E-state index is 0.0722. The van der Waals surface area contributed by atoms with E-state index in [0.29, 0.717) is 5.56 Å². The van der Waals surface area contributed by atoms with Crippen LogP contribution in [0.1, 0.15) is 22.8 Å². The second-order valence-electron chi connectivity index (χ2n) is 18.5. The van der Waals surface area contributed by atoms with Crippen LogP contribution in [0.4, 0.5) is 0 Å². The fourth-order valence-corrected chi connectivity index (χ4v) is 8.76. The van der Waals surface area contributed by atoms with Gasteiger partial charge >= 0.3 is 5.97 Å². The van der Waals surface area contributed by atoms with E-state index in [1.54, 1.807) is 0 Å². The molecule has 19 N–H and O–H groups in total. The molecule has 0 amide bonds. The largest absolute Gasteiger partial charge is 0.571 e. The zero-order chi connectivity index (χ0) is 55.7. The van der Waals surface area contributed by atoms with Crippen molar-refractivity contribution in [3.63, 3.8) is 0 Å². The molecular weight excluding hydrogens is 1040 g/mol. The van der Waals surface area contributed by atoms with Crippen LogP contribution in [-0.4, -0.2) is 252 Å². The van der Waals surface area contributed by atoms with Crippen molar-refractivity contribution < 1.29 is 144 Å². The Labute approximate surface area is 434 Å². The number of esters is 1. The van der Waals surface area contributed by atoms with Gasteiger partial charge in [-0.25, -0.2) is 4.79 Å². The number of phenols is 3. The van der Waals surface area contributed by atoms with Crippen LogP contribution in [-0.2, 0) is 33.2 Å². The summed E-state index contributed by atoms with van der Waals surface area (Å²) >= 11 is 0. The molecule has 0 radical (unpaired) electrons. The van der Waals surface area contributed by atoms with Crippen molar-refractivity contribution in [2.24, 2.45) is 0 Å². The van der Waals surface area contributed by atoms with Gasteiger partial charge in [-0.3, -0.25) is 0 Å². The third-order valence-corrected chi connectivity index (χ3v) is 13.2. The summed E-state index contributed by atoms with van der Waals surface area (Å²) in [5, 5.41) is 189. The number of hydrogen-bond donors (Lipinski definition) is 18. The number of aliphatic hydroxyl groups excluding tert-OH is 15. The number of fused-ring (bicyclic) bond motifs is 1. The zero-order valence-corrected chi connectivity index (χ0v) is 39.9. The highest BCUT2D eigenvalue weighted by Gasteiger charge is 2.50. The Hall–Kier alpha value is -5.75. The summed E-state index contributed by atoms with van der Waals surface area (Å²) in [4.78, 5) is 12.9. The lowest BCUT2D eigenvalue weighted by Crippen LogP contribution is -2.60. The molecular formula is C48H59O29+. The molecule has 3 aromatic rings. The maximum absolute atomic E-state index is 12.9. The van der Waals surface area contributed by atoms with Crippen LogP contribution in [0, 0.1) is 0 Å². The lowest BCUT2D eigenvalue weighted by molar-refractivity contribution is -0.295. The van der Waals surface area contributed by atoms with E-state index < -0.39 is 190 Å². The first-order valence-electron chi connectivity index (χ1n) is 23.7. The zero-order valence-electron chi connectivity index (χ0n) is 39.9. The normalized spacial score (nSPS) is 37.2. The van der Waals surface area contributed by atoms with Gasteiger partial charge in [0.15, 0.2) is 17.3 Å². The highest BCUT2D eigenvalue weighted by Crippen LogP contribution is 2.49. The smallest absolute Gasteiger partial charge is 0.330 e. The van der Waals surface area contributed by atoms with Crippen LogP contribution in [0.25, 0.3) is 12.2 Å². The Morgan fingerprint density at radius 2 is 0.974 bits per heavy atom. The number of phenolic OH excluding ortho intramolecular Hbond substituents is 3. The number of aliphatic hydroxyl groups is 16. The van der Waals surface area contributed by atoms with Crippen LogP contribution >= 0.6 is 0 Å². The molecule has 21 unspecified atom stereocenters. The number of carbonyl (C=O) groups excluding carboxylic acids is 1. The van der Waals surface area contributed by atoms with Gasteiger partial charge in [-0.15, -0.1) is 0 Å². The second kappa shape index (κ2) is 24.1. The van der Waals surface area contributed by atoms with Gasteiger partial charge in [0.25, 0.3) is 11.9 Å². The fraction of sp³-hybridized carbons (Fsp3) is 0.521. The molecule has 0 aliphatic carbocycles. The lowest BCUT2D eigenvalue weighted by Gasteiger charge is -2.41. The van der Waals surface area contributed by atoms with E-state index in [9.17, 15) is 96.7 Å². The fourth-order valence-electron chi connectivity index (χ4n) is 8.76. The molecule has 8 rings (SSSR count). The summed E-state index contributed by atoms with van der Waals surface area (Å²) in [6.07, 6.45) is -34.0. The number of hydrogen-bond acceptors (Lipinski definition) is 28. The molecule has 5 aliphatic rings. The Morgan fingerprint density at radius 3 is 1.45 bits per heavy atom. The Morgan fingerprint density at radius 1 is 0.532 bits per heavy atom. The van der Waals surface area contributed by atoms with Gasteiger partial charge in [-0.05, 0) is 35.9 Å². The van der Waals surface area contributed by atoms with Gasteiger partial charge in [-0.1, -0.05) is 12.1 Å². The van der Waals surface area contributed by atoms with Crippen molar-refractivity contribution in [2.45, 2.75) is 129 Å². The highest BCUT2D eigenvalue weighted by atomic mass is 16.7. The molecule has 29 heteroatoms.